The summed E-state index contributed by atoms with van der Waals surface area (Å²) in [5.74, 6) is 0.950. The Balaban J connectivity index is 1.32. The van der Waals surface area contributed by atoms with E-state index in [9.17, 15) is 9.59 Å². The highest BCUT2D eigenvalue weighted by molar-refractivity contribution is 5.94. The molecule has 1 aliphatic rings. The molecule has 0 spiro atoms. The van der Waals surface area contributed by atoms with Gasteiger partial charge in [0.05, 0.1) is 18.2 Å². The number of imidazole rings is 1. The molecule has 3 aromatic rings. The highest BCUT2D eigenvalue weighted by atomic mass is 16.2. The number of H-pyrrole nitrogens is 1. The fourth-order valence-corrected chi connectivity index (χ4v) is 5.31. The third-order valence-electron chi connectivity index (χ3n) is 7.24. The third-order valence-corrected chi connectivity index (χ3v) is 7.24. The number of nitrogens with zero attached hydrogens (tertiary/aromatic N) is 2. The summed E-state index contributed by atoms with van der Waals surface area (Å²) in [6.45, 7) is 9.89. The second kappa shape index (κ2) is 11.5. The molecule has 6 nitrogen and oxygen atoms in total. The maximum atomic E-state index is 13.0. The normalized spacial score (nSPS) is 17.2. The molecule has 2 heterocycles. The molecule has 0 saturated carbocycles. The Kier molecular flexibility index (Phi) is 8.24. The molecule has 1 saturated heterocycles. The van der Waals surface area contributed by atoms with E-state index in [1.165, 1.54) is 0 Å². The van der Waals surface area contributed by atoms with E-state index >= 15 is 0 Å². The van der Waals surface area contributed by atoms with Crippen LogP contribution in [0, 0.1) is 17.8 Å². The zero-order valence-electron chi connectivity index (χ0n) is 21.8. The lowest BCUT2D eigenvalue weighted by molar-refractivity contribution is -0.137. The minimum Gasteiger partial charge on any atom is -0.352 e. The number of carbonyl (C=O) groups excluding carboxylic acids is 2. The summed E-state index contributed by atoms with van der Waals surface area (Å²) in [6.07, 6.45) is 6.43. The van der Waals surface area contributed by atoms with Gasteiger partial charge in [-0.15, -0.1) is 0 Å². The van der Waals surface area contributed by atoms with Gasteiger partial charge in [0.2, 0.25) is 5.91 Å². The Hall–Kier alpha value is -3.41. The summed E-state index contributed by atoms with van der Waals surface area (Å²) < 4.78 is 0. The Morgan fingerprint density at radius 1 is 1.00 bits per heavy atom. The first-order valence-electron chi connectivity index (χ1n) is 13.1. The van der Waals surface area contributed by atoms with Crippen molar-refractivity contribution in [1.82, 2.24) is 20.2 Å². The number of benzene rings is 2. The number of amides is 2. The molecule has 1 aliphatic heterocycles. The monoisotopic (exact) mass is 486 g/mol. The number of rotatable bonds is 9. The first-order chi connectivity index (χ1) is 17.3. The van der Waals surface area contributed by atoms with Crippen LogP contribution in [0.4, 0.5) is 0 Å². The van der Waals surface area contributed by atoms with Gasteiger partial charge in [0, 0.05) is 30.6 Å². The molecule has 0 radical (unpaired) electrons. The molecule has 0 bridgehead atoms. The van der Waals surface area contributed by atoms with E-state index in [0.29, 0.717) is 18.0 Å². The average Bonchev–Trinajstić information content (AvgIpc) is 3.59. The number of aromatic amines is 1. The molecule has 2 N–H and O–H groups in total. The van der Waals surface area contributed by atoms with Gasteiger partial charge in [0.15, 0.2) is 0 Å². The number of aromatic nitrogens is 2. The molecule has 3 atom stereocenters. The van der Waals surface area contributed by atoms with Crippen LogP contribution in [-0.2, 0) is 4.79 Å². The van der Waals surface area contributed by atoms with Crippen LogP contribution >= 0.6 is 0 Å². The Labute approximate surface area is 214 Å². The maximum Gasteiger partial charge on any atom is 0.251 e. The lowest BCUT2D eigenvalue weighted by Gasteiger charge is -2.32. The van der Waals surface area contributed by atoms with Crippen molar-refractivity contribution in [3.05, 3.63) is 66.6 Å². The quantitative estimate of drug-likeness (QED) is 0.402. The second-order valence-corrected chi connectivity index (χ2v) is 10.6. The van der Waals surface area contributed by atoms with Gasteiger partial charge in [0.25, 0.3) is 5.91 Å². The van der Waals surface area contributed by atoms with Gasteiger partial charge in [0.1, 0.15) is 0 Å². The smallest absolute Gasteiger partial charge is 0.251 e. The summed E-state index contributed by atoms with van der Waals surface area (Å²) in [7, 11) is 0. The second-order valence-electron chi connectivity index (χ2n) is 10.6. The van der Waals surface area contributed by atoms with Crippen LogP contribution in [-0.4, -0.2) is 45.8 Å². The van der Waals surface area contributed by atoms with Crippen molar-refractivity contribution in [2.45, 2.75) is 53.0 Å². The predicted molar refractivity (Wildman–Crippen MR) is 144 cm³/mol. The van der Waals surface area contributed by atoms with Crippen molar-refractivity contribution in [2.24, 2.45) is 17.8 Å². The highest BCUT2D eigenvalue weighted by Gasteiger charge is 2.34. The minimum atomic E-state index is -0.0768. The van der Waals surface area contributed by atoms with Crippen molar-refractivity contribution < 1.29 is 9.59 Å². The van der Waals surface area contributed by atoms with Crippen molar-refractivity contribution in [2.75, 3.05) is 13.1 Å². The van der Waals surface area contributed by atoms with E-state index < -0.39 is 0 Å². The van der Waals surface area contributed by atoms with Gasteiger partial charge >= 0.3 is 0 Å². The minimum absolute atomic E-state index is 0.0487. The van der Waals surface area contributed by atoms with Crippen molar-refractivity contribution in [3.63, 3.8) is 0 Å². The van der Waals surface area contributed by atoms with E-state index in [0.717, 1.165) is 48.2 Å². The van der Waals surface area contributed by atoms with E-state index in [1.807, 2.05) is 31.2 Å². The predicted octanol–water partition coefficient (Wildman–Crippen LogP) is 5.78. The Bertz CT molecular complexity index is 1140. The highest BCUT2D eigenvalue weighted by Crippen LogP contribution is 2.27. The summed E-state index contributed by atoms with van der Waals surface area (Å²) in [5.41, 5.74) is 4.87. The molecule has 2 aromatic carbocycles. The lowest BCUT2D eigenvalue weighted by Crippen LogP contribution is -2.45. The van der Waals surface area contributed by atoms with Gasteiger partial charge in [-0.2, -0.15) is 0 Å². The van der Waals surface area contributed by atoms with Crippen LogP contribution in [0.2, 0.25) is 0 Å². The van der Waals surface area contributed by atoms with Gasteiger partial charge in [-0.05, 0) is 59.9 Å². The summed E-state index contributed by atoms with van der Waals surface area (Å²) >= 11 is 0. The number of hydrogen-bond acceptors (Lipinski definition) is 3. The molecule has 2 amide bonds. The molecule has 1 fully saturated rings. The van der Waals surface area contributed by atoms with Crippen LogP contribution < -0.4 is 5.32 Å². The molecule has 1 aromatic heterocycles. The number of nitrogens with one attached hydrogen (secondary N) is 2. The van der Waals surface area contributed by atoms with Crippen LogP contribution in [0.25, 0.3) is 22.4 Å². The van der Waals surface area contributed by atoms with Crippen LogP contribution in [0.5, 0.6) is 0 Å². The van der Waals surface area contributed by atoms with Gasteiger partial charge in [-0.1, -0.05) is 64.1 Å². The van der Waals surface area contributed by atoms with Gasteiger partial charge in [-0.3, -0.25) is 9.59 Å². The number of hydrogen-bond donors (Lipinski definition) is 2. The fraction of sp³-hybridized carbons (Fsp3) is 0.433. The Morgan fingerprint density at radius 2 is 1.64 bits per heavy atom. The Morgan fingerprint density at radius 3 is 2.25 bits per heavy atom. The van der Waals surface area contributed by atoms with Crippen LogP contribution in [0.15, 0.2) is 61.1 Å². The molecule has 6 heteroatoms. The van der Waals surface area contributed by atoms with Crippen LogP contribution in [0.1, 0.15) is 57.3 Å². The average molecular weight is 487 g/mol. The van der Waals surface area contributed by atoms with Crippen LogP contribution in [0.3, 0.4) is 0 Å². The third kappa shape index (κ3) is 6.04. The molecule has 0 aliphatic carbocycles. The fourth-order valence-electron chi connectivity index (χ4n) is 5.31. The lowest BCUT2D eigenvalue weighted by atomic mass is 9.95. The standard InChI is InChI=1S/C30H38N4O2/c1-20(2)16-21(3)30(36)34-15-5-6-28(34)22(4)17-32-29(35)26-13-9-24(10-14-26)23-7-11-25(12-8-23)27-18-31-19-33-27/h7-14,18-22,28H,5-6,15-17H2,1-4H3,(H,31,33)(H,32,35). The maximum absolute atomic E-state index is 13.0. The van der Waals surface area contributed by atoms with Crippen molar-refractivity contribution in [3.8, 4) is 22.4 Å². The first-order valence-corrected chi connectivity index (χ1v) is 13.1. The molecular weight excluding hydrogens is 448 g/mol. The van der Waals surface area contributed by atoms with Gasteiger partial charge in [-0.25, -0.2) is 4.98 Å². The molecule has 4 rings (SSSR count). The van der Waals surface area contributed by atoms with Crippen molar-refractivity contribution >= 4 is 11.8 Å². The number of likely N-dealkylation sites (tertiary alicyclic amines) is 1. The van der Waals surface area contributed by atoms with Crippen molar-refractivity contribution in [1.29, 1.82) is 0 Å². The summed E-state index contributed by atoms with van der Waals surface area (Å²) in [5, 5.41) is 3.09. The van der Waals surface area contributed by atoms with Gasteiger partial charge < -0.3 is 15.2 Å². The molecule has 3 unspecified atom stereocenters. The molecule has 36 heavy (non-hydrogen) atoms. The summed E-state index contributed by atoms with van der Waals surface area (Å²) in [6, 6.07) is 16.2. The SMILES string of the molecule is CC(C)CC(C)C(=O)N1CCCC1C(C)CNC(=O)c1ccc(-c2ccc(-c3cnc[nH]3)cc2)cc1. The van der Waals surface area contributed by atoms with E-state index in [1.54, 1.807) is 12.5 Å². The summed E-state index contributed by atoms with van der Waals surface area (Å²) in [4.78, 5) is 35.1. The molecule has 190 valence electrons. The molecular formula is C30H38N4O2. The largest absolute Gasteiger partial charge is 0.352 e. The zero-order chi connectivity index (χ0) is 25.7. The van der Waals surface area contributed by atoms with E-state index in [-0.39, 0.29) is 29.7 Å². The van der Waals surface area contributed by atoms with E-state index in [4.69, 9.17) is 0 Å². The zero-order valence-corrected chi connectivity index (χ0v) is 21.8. The topological polar surface area (TPSA) is 78.1 Å². The number of carbonyl (C=O) groups is 2. The van der Waals surface area contributed by atoms with E-state index in [2.05, 4.69) is 65.2 Å². The first kappa shape index (κ1) is 25.7.